The Kier molecular flexibility index (Phi) is 6.17. The highest BCUT2D eigenvalue weighted by atomic mass is 16.5. The smallest absolute Gasteiger partial charge is 0.257 e. The summed E-state index contributed by atoms with van der Waals surface area (Å²) in [6, 6.07) is 22.4. The Hall–Kier alpha value is -3.40. The average molecular weight is 414 g/mol. The molecule has 0 spiro atoms. The number of aryl methyl sites for hydroxylation is 1. The zero-order chi connectivity index (χ0) is 21.8. The van der Waals surface area contributed by atoms with Gasteiger partial charge in [0, 0.05) is 13.0 Å². The summed E-state index contributed by atoms with van der Waals surface area (Å²) >= 11 is 0. The lowest BCUT2D eigenvalue weighted by molar-refractivity contribution is -0.123. The Morgan fingerprint density at radius 2 is 1.71 bits per heavy atom. The summed E-state index contributed by atoms with van der Waals surface area (Å²) in [5.41, 5.74) is 6.34. The van der Waals surface area contributed by atoms with E-state index in [0.29, 0.717) is 24.3 Å². The molecule has 1 unspecified atom stereocenters. The van der Waals surface area contributed by atoms with Gasteiger partial charge in [0.2, 0.25) is 0 Å². The topological polar surface area (TPSA) is 55.4 Å². The van der Waals surface area contributed by atoms with Crippen LogP contribution in [-0.2, 0) is 11.2 Å². The highest BCUT2D eigenvalue weighted by Crippen LogP contribution is 2.40. The first-order valence-electron chi connectivity index (χ1n) is 10.7. The first-order valence-corrected chi connectivity index (χ1v) is 10.7. The van der Waals surface area contributed by atoms with E-state index < -0.39 is 0 Å². The number of amides is 1. The van der Waals surface area contributed by atoms with Crippen LogP contribution in [0.2, 0.25) is 0 Å². The van der Waals surface area contributed by atoms with Crippen LogP contribution < -0.4 is 10.1 Å². The van der Waals surface area contributed by atoms with Crippen LogP contribution in [0.1, 0.15) is 46.3 Å². The zero-order valence-corrected chi connectivity index (χ0v) is 18.0. The Morgan fingerprint density at radius 1 is 1.00 bits per heavy atom. The summed E-state index contributed by atoms with van der Waals surface area (Å²) in [6.45, 7) is 4.51. The van der Waals surface area contributed by atoms with Crippen molar-refractivity contribution in [1.82, 2.24) is 5.32 Å². The van der Waals surface area contributed by atoms with E-state index in [1.165, 1.54) is 11.1 Å². The second-order valence-electron chi connectivity index (χ2n) is 8.15. The molecule has 0 saturated carbocycles. The molecule has 3 aromatic carbocycles. The predicted octanol–water partition coefficient (Wildman–Crippen LogP) is 5.09. The molecule has 4 heteroatoms. The second kappa shape index (κ2) is 9.17. The van der Waals surface area contributed by atoms with Gasteiger partial charge < -0.3 is 10.1 Å². The van der Waals surface area contributed by atoms with Gasteiger partial charge in [-0.05, 0) is 53.1 Å². The molecule has 0 saturated heterocycles. The van der Waals surface area contributed by atoms with Crippen molar-refractivity contribution in [2.45, 2.75) is 32.6 Å². The van der Waals surface area contributed by atoms with Crippen LogP contribution in [0.15, 0.2) is 66.7 Å². The zero-order valence-electron chi connectivity index (χ0n) is 18.0. The number of fused-ring (bicyclic) bond motifs is 1. The Bertz CT molecular complexity index is 1090. The third kappa shape index (κ3) is 4.69. The maximum Gasteiger partial charge on any atom is 0.257 e. The van der Waals surface area contributed by atoms with Crippen LogP contribution in [0, 0.1) is 6.92 Å². The van der Waals surface area contributed by atoms with Crippen LogP contribution in [0.4, 0.5) is 0 Å². The second-order valence-corrected chi connectivity index (χ2v) is 8.15. The molecular weight excluding hydrogens is 386 g/mol. The molecule has 31 heavy (non-hydrogen) atoms. The number of hydrogen-bond acceptors (Lipinski definition) is 3. The van der Waals surface area contributed by atoms with Gasteiger partial charge in [0.25, 0.3) is 5.91 Å². The Labute approximate surface area is 183 Å². The van der Waals surface area contributed by atoms with Crippen molar-refractivity contribution < 1.29 is 14.3 Å². The fourth-order valence-electron chi connectivity index (χ4n) is 4.26. The number of carbonyl (C=O) groups is 2. The summed E-state index contributed by atoms with van der Waals surface area (Å²) in [5, 5.41) is 2.90. The maximum atomic E-state index is 12.4. The molecule has 1 aliphatic carbocycles. The van der Waals surface area contributed by atoms with Crippen molar-refractivity contribution >= 4 is 11.7 Å². The van der Waals surface area contributed by atoms with E-state index in [1.807, 2.05) is 31.2 Å². The van der Waals surface area contributed by atoms with Crippen molar-refractivity contribution in [2.24, 2.45) is 0 Å². The SMILES string of the molecule is Cc1ccc(OCC(=O)NCCc2ccc(-c3ccccc3)cc2)c2c1C(C)CC2=O. The molecule has 0 heterocycles. The van der Waals surface area contributed by atoms with Gasteiger partial charge >= 0.3 is 0 Å². The summed E-state index contributed by atoms with van der Waals surface area (Å²) in [5.74, 6) is 0.629. The molecule has 1 amide bonds. The summed E-state index contributed by atoms with van der Waals surface area (Å²) in [6.07, 6.45) is 1.25. The maximum absolute atomic E-state index is 12.4. The lowest BCUT2D eigenvalue weighted by atomic mass is 9.97. The van der Waals surface area contributed by atoms with E-state index >= 15 is 0 Å². The molecule has 0 bridgehead atoms. The standard InChI is InChI=1S/C27H27NO3/c1-18-8-13-24(27-23(29)16-19(2)26(18)27)31-17-25(30)28-15-14-20-9-11-22(12-10-20)21-6-4-3-5-7-21/h3-13,19H,14-17H2,1-2H3,(H,28,30). The molecule has 1 aliphatic rings. The number of nitrogens with one attached hydrogen (secondary N) is 1. The molecule has 158 valence electrons. The van der Waals surface area contributed by atoms with Crippen molar-refractivity contribution in [2.75, 3.05) is 13.2 Å². The first kappa shape index (κ1) is 20.9. The predicted molar refractivity (Wildman–Crippen MR) is 123 cm³/mol. The molecule has 0 radical (unpaired) electrons. The molecule has 4 rings (SSSR count). The summed E-state index contributed by atoms with van der Waals surface area (Å²) < 4.78 is 5.72. The molecule has 4 nitrogen and oxygen atoms in total. The van der Waals surface area contributed by atoms with Crippen molar-refractivity contribution in [1.29, 1.82) is 0 Å². The molecule has 0 aromatic heterocycles. The van der Waals surface area contributed by atoms with E-state index in [2.05, 4.69) is 48.6 Å². The van der Waals surface area contributed by atoms with Gasteiger partial charge in [-0.2, -0.15) is 0 Å². The lowest BCUT2D eigenvalue weighted by Crippen LogP contribution is -2.30. The minimum atomic E-state index is -0.186. The largest absolute Gasteiger partial charge is 0.483 e. The number of rotatable bonds is 7. The van der Waals surface area contributed by atoms with Crippen LogP contribution >= 0.6 is 0 Å². The monoisotopic (exact) mass is 413 g/mol. The minimum Gasteiger partial charge on any atom is -0.483 e. The number of Topliss-reactive ketones (excluding diaryl/α,β-unsaturated/α-hetero) is 1. The minimum absolute atomic E-state index is 0.0931. The number of hydrogen-bond donors (Lipinski definition) is 1. The highest BCUT2D eigenvalue weighted by molar-refractivity contribution is 6.04. The van der Waals surface area contributed by atoms with Crippen LogP contribution in [0.5, 0.6) is 5.75 Å². The molecular formula is C27H27NO3. The van der Waals surface area contributed by atoms with E-state index in [9.17, 15) is 9.59 Å². The first-order chi connectivity index (χ1) is 15.0. The fourth-order valence-corrected chi connectivity index (χ4v) is 4.26. The fraction of sp³-hybridized carbons (Fsp3) is 0.259. The van der Waals surface area contributed by atoms with Gasteiger partial charge in [-0.1, -0.05) is 67.6 Å². The van der Waals surface area contributed by atoms with Crippen molar-refractivity contribution in [3.63, 3.8) is 0 Å². The molecule has 3 aromatic rings. The summed E-state index contributed by atoms with van der Waals surface area (Å²) in [7, 11) is 0. The summed E-state index contributed by atoms with van der Waals surface area (Å²) in [4.78, 5) is 24.6. The Balaban J connectivity index is 1.28. The van der Waals surface area contributed by atoms with Crippen molar-refractivity contribution in [3.05, 3.63) is 89.0 Å². The van der Waals surface area contributed by atoms with Crippen molar-refractivity contribution in [3.8, 4) is 16.9 Å². The normalized spacial score (nSPS) is 14.9. The number of carbonyl (C=O) groups excluding carboxylic acids is 2. The van der Waals surface area contributed by atoms with Gasteiger partial charge in [-0.3, -0.25) is 9.59 Å². The van der Waals surface area contributed by atoms with Gasteiger partial charge in [-0.25, -0.2) is 0 Å². The van der Waals surface area contributed by atoms with Gasteiger partial charge in [0.05, 0.1) is 5.56 Å². The van der Waals surface area contributed by atoms with Crippen LogP contribution in [0.3, 0.4) is 0 Å². The van der Waals surface area contributed by atoms with Crippen LogP contribution in [-0.4, -0.2) is 24.8 Å². The highest BCUT2D eigenvalue weighted by Gasteiger charge is 2.31. The average Bonchev–Trinajstić information content (AvgIpc) is 3.09. The van der Waals surface area contributed by atoms with Crippen LogP contribution in [0.25, 0.3) is 11.1 Å². The third-order valence-corrected chi connectivity index (χ3v) is 5.84. The Morgan fingerprint density at radius 3 is 2.45 bits per heavy atom. The van der Waals surface area contributed by atoms with Gasteiger partial charge in [0.1, 0.15) is 5.75 Å². The number of benzene rings is 3. The number of ketones is 1. The molecule has 1 N–H and O–H groups in total. The number of ether oxygens (including phenoxy) is 1. The third-order valence-electron chi connectivity index (χ3n) is 5.84. The van der Waals surface area contributed by atoms with E-state index in [-0.39, 0.29) is 24.2 Å². The van der Waals surface area contributed by atoms with Gasteiger partial charge in [-0.15, -0.1) is 0 Å². The quantitative estimate of drug-likeness (QED) is 0.587. The van der Waals surface area contributed by atoms with E-state index in [4.69, 9.17) is 4.74 Å². The molecule has 1 atom stereocenters. The molecule has 0 aliphatic heterocycles. The van der Waals surface area contributed by atoms with E-state index in [0.717, 1.165) is 23.1 Å². The molecule has 0 fully saturated rings. The lowest BCUT2D eigenvalue weighted by Gasteiger charge is -2.13. The van der Waals surface area contributed by atoms with Gasteiger partial charge in [0.15, 0.2) is 12.4 Å². The van der Waals surface area contributed by atoms with E-state index in [1.54, 1.807) is 6.07 Å².